The van der Waals surface area contributed by atoms with E-state index >= 15 is 0 Å². The molecule has 1 heterocycles. The quantitative estimate of drug-likeness (QED) is 0.693. The van der Waals surface area contributed by atoms with E-state index in [4.69, 9.17) is 0 Å². The van der Waals surface area contributed by atoms with Crippen LogP contribution >= 0.6 is 0 Å². The molecule has 1 atom stereocenters. The number of hydrazone groups is 1. The van der Waals surface area contributed by atoms with Crippen LogP contribution in [0.4, 0.5) is 17.6 Å². The third kappa shape index (κ3) is 4.19. The van der Waals surface area contributed by atoms with E-state index in [0.717, 1.165) is 17.7 Å². The third-order valence-electron chi connectivity index (χ3n) is 4.37. The molecule has 28 heavy (non-hydrogen) atoms. The van der Waals surface area contributed by atoms with E-state index in [2.05, 4.69) is 5.10 Å². The van der Waals surface area contributed by atoms with Gasteiger partial charge in [0.05, 0.1) is 22.7 Å². The number of hydrogen-bond donors (Lipinski definition) is 0. The number of alkyl halides is 4. The van der Waals surface area contributed by atoms with Gasteiger partial charge >= 0.3 is 6.18 Å². The zero-order chi connectivity index (χ0) is 20.7. The van der Waals surface area contributed by atoms with Gasteiger partial charge in [0.2, 0.25) is 0 Å². The first-order valence-corrected chi connectivity index (χ1v) is 9.86. The maximum absolute atomic E-state index is 14.9. The van der Waals surface area contributed by atoms with Crippen molar-refractivity contribution in [2.45, 2.75) is 37.0 Å². The van der Waals surface area contributed by atoms with Crippen LogP contribution in [-0.2, 0) is 16.2 Å². The Morgan fingerprint density at radius 1 is 1.04 bits per heavy atom. The Hall–Kier alpha value is -2.42. The van der Waals surface area contributed by atoms with Gasteiger partial charge in [-0.25, -0.2) is 4.39 Å². The van der Waals surface area contributed by atoms with Crippen LogP contribution in [-0.4, -0.2) is 30.8 Å². The van der Waals surface area contributed by atoms with Gasteiger partial charge in [-0.3, -0.25) is 0 Å². The minimum absolute atomic E-state index is 0.0358. The summed E-state index contributed by atoms with van der Waals surface area (Å²) in [5.41, 5.74) is -1.60. The van der Waals surface area contributed by atoms with Gasteiger partial charge in [0.15, 0.2) is 0 Å². The van der Waals surface area contributed by atoms with Crippen LogP contribution in [0.25, 0.3) is 0 Å². The summed E-state index contributed by atoms with van der Waals surface area (Å²) >= 11 is 0. The maximum Gasteiger partial charge on any atom is 0.416 e. The predicted octanol–water partition coefficient (Wildman–Crippen LogP) is 4.54. The van der Waals surface area contributed by atoms with Crippen LogP contribution in [0.15, 0.2) is 58.5 Å². The highest BCUT2D eigenvalue weighted by atomic mass is 32.2. The Morgan fingerprint density at radius 2 is 1.61 bits per heavy atom. The van der Waals surface area contributed by atoms with Crippen molar-refractivity contribution < 1.29 is 26.0 Å². The number of aryl methyl sites for hydroxylation is 1. The number of sulfonamides is 1. The standard InChI is InChI=1S/C19H18F4N2O2S/c1-13-3-9-16(10-4-13)28(26,27)25-12-18(2,20)11-17(24-25)14-5-7-15(8-6-14)19(21,22)23/h3-10H,11-12H2,1-2H3. The first-order chi connectivity index (χ1) is 12.9. The van der Waals surface area contributed by atoms with E-state index < -0.39 is 34.0 Å². The topological polar surface area (TPSA) is 49.7 Å². The minimum Gasteiger partial charge on any atom is -0.242 e. The second-order valence-electron chi connectivity index (χ2n) is 7.01. The first-order valence-electron chi connectivity index (χ1n) is 8.42. The molecule has 1 aliphatic rings. The third-order valence-corrected chi connectivity index (χ3v) is 6.01. The SMILES string of the molecule is Cc1ccc(S(=O)(=O)N2CC(C)(F)CC(c3ccc(C(F)(F)F)cc3)=N2)cc1. The number of rotatable bonds is 3. The average Bonchev–Trinajstić information content (AvgIpc) is 2.60. The largest absolute Gasteiger partial charge is 0.416 e. The monoisotopic (exact) mass is 414 g/mol. The van der Waals surface area contributed by atoms with Crippen LogP contribution in [0.1, 0.15) is 30.0 Å². The molecule has 0 N–H and O–H groups in total. The molecule has 2 aromatic carbocycles. The molecular weight excluding hydrogens is 396 g/mol. The normalized spacial score (nSPS) is 20.8. The number of benzene rings is 2. The maximum atomic E-state index is 14.9. The van der Waals surface area contributed by atoms with E-state index in [1.54, 1.807) is 19.1 Å². The second kappa shape index (κ2) is 6.88. The Morgan fingerprint density at radius 3 is 2.14 bits per heavy atom. The molecule has 0 radical (unpaired) electrons. The van der Waals surface area contributed by atoms with E-state index in [1.807, 2.05) is 0 Å². The lowest BCUT2D eigenvalue weighted by molar-refractivity contribution is -0.137. The Labute approximate surface area is 160 Å². The smallest absolute Gasteiger partial charge is 0.242 e. The van der Waals surface area contributed by atoms with Crippen molar-refractivity contribution in [3.05, 3.63) is 65.2 Å². The molecule has 3 rings (SSSR count). The highest BCUT2D eigenvalue weighted by Gasteiger charge is 2.39. The first kappa shape index (κ1) is 20.3. The fraction of sp³-hybridized carbons (Fsp3) is 0.316. The highest BCUT2D eigenvalue weighted by Crippen LogP contribution is 2.32. The van der Waals surface area contributed by atoms with Crippen LogP contribution in [0.3, 0.4) is 0 Å². The lowest BCUT2D eigenvalue weighted by Gasteiger charge is -2.33. The van der Waals surface area contributed by atoms with Crippen LogP contribution in [0.2, 0.25) is 0 Å². The summed E-state index contributed by atoms with van der Waals surface area (Å²) in [5, 5.41) is 4.05. The van der Waals surface area contributed by atoms with Crippen LogP contribution in [0, 0.1) is 6.92 Å². The van der Waals surface area contributed by atoms with Crippen molar-refractivity contribution in [1.29, 1.82) is 0 Å². The van der Waals surface area contributed by atoms with Gasteiger partial charge in [-0.05, 0) is 43.7 Å². The van der Waals surface area contributed by atoms with Gasteiger partial charge < -0.3 is 0 Å². The van der Waals surface area contributed by atoms with Gasteiger partial charge in [-0.15, -0.1) is 0 Å². The molecule has 1 aliphatic heterocycles. The summed E-state index contributed by atoms with van der Waals surface area (Å²) in [6.07, 6.45) is -4.71. The lowest BCUT2D eigenvalue weighted by Crippen LogP contribution is -2.44. The molecule has 2 aromatic rings. The van der Waals surface area contributed by atoms with E-state index in [9.17, 15) is 26.0 Å². The summed E-state index contributed by atoms with van der Waals surface area (Å²) in [5.74, 6) is 0. The molecule has 0 spiro atoms. The summed E-state index contributed by atoms with van der Waals surface area (Å²) in [7, 11) is -4.10. The van der Waals surface area contributed by atoms with Gasteiger partial charge in [-0.2, -0.15) is 31.1 Å². The van der Waals surface area contributed by atoms with Gasteiger partial charge in [0.1, 0.15) is 5.67 Å². The van der Waals surface area contributed by atoms with E-state index in [-0.39, 0.29) is 22.6 Å². The zero-order valence-electron chi connectivity index (χ0n) is 15.2. The molecule has 4 nitrogen and oxygen atoms in total. The molecule has 0 saturated carbocycles. The van der Waals surface area contributed by atoms with Crippen molar-refractivity contribution in [2.24, 2.45) is 5.10 Å². The number of nitrogens with zero attached hydrogens (tertiary/aromatic N) is 2. The molecule has 9 heteroatoms. The molecule has 0 fully saturated rings. The summed E-state index contributed by atoms with van der Waals surface area (Å²) < 4.78 is 79.5. The summed E-state index contributed by atoms with van der Waals surface area (Å²) in [6.45, 7) is 2.56. The number of halogens is 4. The van der Waals surface area contributed by atoms with Crippen LogP contribution < -0.4 is 0 Å². The Balaban J connectivity index is 2.00. The Bertz CT molecular complexity index is 996. The van der Waals surface area contributed by atoms with Crippen molar-refractivity contribution in [2.75, 3.05) is 6.54 Å². The molecule has 0 aromatic heterocycles. The molecular formula is C19H18F4N2O2S. The molecule has 0 bridgehead atoms. The van der Waals surface area contributed by atoms with Crippen molar-refractivity contribution in [3.8, 4) is 0 Å². The van der Waals surface area contributed by atoms with Gasteiger partial charge in [-0.1, -0.05) is 29.8 Å². The van der Waals surface area contributed by atoms with Crippen molar-refractivity contribution in [1.82, 2.24) is 4.41 Å². The van der Waals surface area contributed by atoms with Gasteiger partial charge in [0.25, 0.3) is 10.0 Å². The van der Waals surface area contributed by atoms with E-state index in [1.165, 1.54) is 31.2 Å². The van der Waals surface area contributed by atoms with Crippen LogP contribution in [0.5, 0.6) is 0 Å². The highest BCUT2D eigenvalue weighted by molar-refractivity contribution is 7.89. The summed E-state index contributed by atoms with van der Waals surface area (Å²) in [4.78, 5) is -0.0358. The molecule has 0 aliphatic carbocycles. The number of hydrogen-bond acceptors (Lipinski definition) is 3. The Kier molecular flexibility index (Phi) is 4.99. The average molecular weight is 414 g/mol. The van der Waals surface area contributed by atoms with Crippen molar-refractivity contribution >= 4 is 15.7 Å². The second-order valence-corrected chi connectivity index (χ2v) is 8.85. The van der Waals surface area contributed by atoms with Crippen molar-refractivity contribution in [3.63, 3.8) is 0 Å². The zero-order valence-corrected chi connectivity index (χ0v) is 16.0. The fourth-order valence-electron chi connectivity index (χ4n) is 2.87. The minimum atomic E-state index is -4.50. The molecule has 150 valence electrons. The predicted molar refractivity (Wildman–Crippen MR) is 97.2 cm³/mol. The van der Waals surface area contributed by atoms with Gasteiger partial charge in [0, 0.05) is 6.42 Å². The molecule has 0 amide bonds. The summed E-state index contributed by atoms with van der Waals surface area (Å²) in [6, 6.07) is 10.1. The fourth-order valence-corrected chi connectivity index (χ4v) is 4.24. The molecule has 0 saturated heterocycles. The van der Waals surface area contributed by atoms with E-state index in [0.29, 0.717) is 4.41 Å². The molecule has 1 unspecified atom stereocenters. The lowest BCUT2D eigenvalue weighted by atomic mass is 9.95.